The second-order valence-electron chi connectivity index (χ2n) is 4.96. The van der Waals surface area contributed by atoms with Gasteiger partial charge < -0.3 is 0 Å². The Morgan fingerprint density at radius 1 is 1.10 bits per heavy atom. The van der Waals surface area contributed by atoms with Crippen LogP contribution in [0.25, 0.3) is 10.8 Å². The molecule has 0 saturated heterocycles. The first kappa shape index (κ1) is 15.0. The zero-order valence-electron chi connectivity index (χ0n) is 11.8. The number of nitrogens with one attached hydrogen (secondary N) is 1. The van der Waals surface area contributed by atoms with Gasteiger partial charge in [-0.2, -0.15) is 0 Å². The second kappa shape index (κ2) is 6.04. The number of nitrogens with two attached hydrogens (primary N) is 1. The fourth-order valence-electron chi connectivity index (χ4n) is 2.79. The summed E-state index contributed by atoms with van der Waals surface area (Å²) in [6.45, 7) is 4.51. The molecule has 0 amide bonds. The van der Waals surface area contributed by atoms with Crippen LogP contribution in [0, 0.1) is 0 Å². The van der Waals surface area contributed by atoms with E-state index < -0.39 is 0 Å². The molecule has 108 valence electrons. The van der Waals surface area contributed by atoms with Crippen LogP contribution in [0.15, 0.2) is 30.3 Å². The van der Waals surface area contributed by atoms with E-state index in [0.29, 0.717) is 6.54 Å². The van der Waals surface area contributed by atoms with E-state index in [4.69, 9.17) is 5.73 Å². The molecule has 1 heterocycles. The van der Waals surface area contributed by atoms with Crippen molar-refractivity contribution in [2.45, 2.75) is 6.92 Å². The van der Waals surface area contributed by atoms with Crippen LogP contribution in [0.1, 0.15) is 18.1 Å². The molecule has 3 nitrogen and oxygen atoms in total. The molecule has 0 bridgehead atoms. The molecule has 1 aliphatic heterocycles. The van der Waals surface area contributed by atoms with E-state index in [1.807, 2.05) is 0 Å². The summed E-state index contributed by atoms with van der Waals surface area (Å²) in [5.41, 5.74) is 9.28. The van der Waals surface area contributed by atoms with Crippen molar-refractivity contribution < 1.29 is 0 Å². The van der Waals surface area contributed by atoms with Gasteiger partial charge in [-0.25, -0.2) is 0 Å². The van der Waals surface area contributed by atoms with Crippen molar-refractivity contribution in [3.63, 3.8) is 0 Å². The van der Waals surface area contributed by atoms with Gasteiger partial charge in [0.05, 0.1) is 0 Å². The molecule has 0 spiro atoms. The normalized spacial score (nSPS) is 13.9. The maximum absolute atomic E-state index is 5.61. The van der Waals surface area contributed by atoms with Gasteiger partial charge in [0.1, 0.15) is 0 Å². The van der Waals surface area contributed by atoms with Gasteiger partial charge in [-0.15, -0.1) is 0 Å². The van der Waals surface area contributed by atoms with Gasteiger partial charge in [-0.3, -0.25) is 0 Å². The molecule has 0 aromatic heterocycles. The topological polar surface area (TPSA) is 41.3 Å². The van der Waals surface area contributed by atoms with Gasteiger partial charge >= 0.3 is 141 Å². The van der Waals surface area contributed by atoms with E-state index in [9.17, 15) is 0 Å². The number of benzene rings is 2. The first-order valence-corrected chi connectivity index (χ1v) is 8.76. The van der Waals surface area contributed by atoms with E-state index in [1.54, 1.807) is 0 Å². The van der Waals surface area contributed by atoms with Crippen LogP contribution in [0.3, 0.4) is 0 Å². The molecule has 0 radical (unpaired) electrons. The van der Waals surface area contributed by atoms with E-state index in [1.165, 1.54) is 31.0 Å². The van der Waals surface area contributed by atoms with Gasteiger partial charge in [-0.1, -0.05) is 0 Å². The molecule has 3 N–H and O–H groups in total. The Kier molecular flexibility index (Phi) is 4.30. The Balaban J connectivity index is 2.26. The van der Waals surface area contributed by atoms with Gasteiger partial charge in [0.2, 0.25) is 0 Å². The summed E-state index contributed by atoms with van der Waals surface area (Å²) in [7, 11) is 0. The molecule has 1 aliphatic rings. The molecule has 0 saturated carbocycles. The molecule has 2 aromatic carbocycles. The molecule has 0 atom stereocenters. The van der Waals surface area contributed by atoms with Gasteiger partial charge in [0.15, 0.2) is 0 Å². The minimum absolute atomic E-state index is 0.629. The summed E-state index contributed by atoms with van der Waals surface area (Å²) in [5, 5.41) is 5.96. The Labute approximate surface area is 140 Å². The van der Waals surface area contributed by atoms with Crippen LogP contribution in [-0.2, 0) is 0 Å². The van der Waals surface area contributed by atoms with Crippen LogP contribution in [0.2, 0.25) is 0 Å². The first-order chi connectivity index (χ1) is 10.2. The van der Waals surface area contributed by atoms with Gasteiger partial charge in [0, 0.05) is 0 Å². The predicted molar refractivity (Wildman–Crippen MR) is 93.6 cm³/mol. The SMILES string of the molecule is CCN1C(=[Se])c2cccc3c(NCCN)ccc(c23)C1=[Se]. The standard InChI is InChI=1S/C16H17N3Se2/c1-2-19-15(20)11-5-3-4-10-13(18-9-8-17)7-6-12(14(10)11)16(19)21/h3-7,18H,2,8-9,17H2,1H3. The van der Waals surface area contributed by atoms with Crippen molar-refractivity contribution in [3.8, 4) is 0 Å². The number of hydrogen-bond donors (Lipinski definition) is 2. The van der Waals surface area contributed by atoms with Crippen LogP contribution >= 0.6 is 0 Å². The van der Waals surface area contributed by atoms with Crippen molar-refractivity contribution in [3.05, 3.63) is 41.5 Å². The first-order valence-electron chi connectivity index (χ1n) is 7.05. The molecule has 21 heavy (non-hydrogen) atoms. The Bertz CT molecular complexity index is 717. The van der Waals surface area contributed by atoms with E-state index in [2.05, 4.69) is 78.6 Å². The van der Waals surface area contributed by atoms with Crippen LogP contribution in [-0.4, -0.2) is 64.8 Å². The maximum atomic E-state index is 5.61. The molecule has 0 fully saturated rings. The zero-order valence-corrected chi connectivity index (χ0v) is 15.3. The van der Waals surface area contributed by atoms with Crippen molar-refractivity contribution >= 4 is 56.7 Å². The van der Waals surface area contributed by atoms with Crippen molar-refractivity contribution in [1.29, 1.82) is 0 Å². The third-order valence-electron chi connectivity index (χ3n) is 3.77. The third-order valence-corrected chi connectivity index (χ3v) is 5.62. The average molecular weight is 409 g/mol. The van der Waals surface area contributed by atoms with E-state index in [-0.39, 0.29) is 0 Å². The molecular weight excluding hydrogens is 392 g/mol. The molecule has 5 heteroatoms. The Morgan fingerprint density at radius 3 is 2.48 bits per heavy atom. The minimum atomic E-state index is 0.629. The van der Waals surface area contributed by atoms with Gasteiger partial charge in [-0.05, 0) is 0 Å². The number of rotatable bonds is 4. The van der Waals surface area contributed by atoms with E-state index >= 15 is 0 Å². The Morgan fingerprint density at radius 2 is 1.81 bits per heavy atom. The second-order valence-corrected chi connectivity index (χ2v) is 6.58. The van der Waals surface area contributed by atoms with Crippen molar-refractivity contribution in [1.82, 2.24) is 4.90 Å². The fraction of sp³-hybridized carbons (Fsp3) is 0.250. The molecule has 3 rings (SSSR count). The zero-order chi connectivity index (χ0) is 15.0. The molecule has 2 aromatic rings. The summed E-state index contributed by atoms with van der Waals surface area (Å²) in [6, 6.07) is 10.8. The summed E-state index contributed by atoms with van der Waals surface area (Å²) >= 11 is 6.47. The number of nitrogens with zero attached hydrogens (tertiary/aromatic N) is 1. The summed E-state index contributed by atoms with van der Waals surface area (Å²) in [5.74, 6) is 0. The quantitative estimate of drug-likeness (QED) is 0.736. The van der Waals surface area contributed by atoms with Crippen molar-refractivity contribution in [2.75, 3.05) is 25.0 Å². The van der Waals surface area contributed by atoms with Crippen LogP contribution in [0.5, 0.6) is 0 Å². The summed E-state index contributed by atoms with van der Waals surface area (Å²) in [6.07, 6.45) is 0. The molecule has 0 aliphatic carbocycles. The monoisotopic (exact) mass is 411 g/mol. The fourth-order valence-corrected chi connectivity index (χ4v) is 4.73. The average Bonchev–Trinajstić information content (AvgIpc) is 2.51. The van der Waals surface area contributed by atoms with Crippen molar-refractivity contribution in [2.24, 2.45) is 5.73 Å². The van der Waals surface area contributed by atoms with E-state index in [0.717, 1.165) is 18.8 Å². The third kappa shape index (κ3) is 2.40. The summed E-state index contributed by atoms with van der Waals surface area (Å²) < 4.78 is 2.36. The van der Waals surface area contributed by atoms with Crippen LogP contribution < -0.4 is 11.1 Å². The number of hydrogen-bond acceptors (Lipinski definition) is 3. The van der Waals surface area contributed by atoms with Crippen LogP contribution in [0.4, 0.5) is 5.69 Å². The number of anilines is 1. The summed E-state index contributed by atoms with van der Waals surface area (Å²) in [4.78, 5) is 2.28. The molecule has 0 unspecified atom stereocenters. The predicted octanol–water partition coefficient (Wildman–Crippen LogP) is 0.839. The van der Waals surface area contributed by atoms with Gasteiger partial charge in [0.25, 0.3) is 0 Å². The Hall–Kier alpha value is -0.961. The molecular formula is C16H17N3Se2.